The van der Waals surface area contributed by atoms with Crippen molar-refractivity contribution < 1.29 is 14.3 Å². The van der Waals surface area contributed by atoms with Crippen molar-refractivity contribution in [2.45, 2.75) is 20.8 Å². The van der Waals surface area contributed by atoms with Gasteiger partial charge in [-0.15, -0.1) is 0 Å². The Labute approximate surface area is 229 Å². The van der Waals surface area contributed by atoms with Gasteiger partial charge in [-0.2, -0.15) is 9.78 Å². The van der Waals surface area contributed by atoms with Crippen molar-refractivity contribution in [3.63, 3.8) is 0 Å². The Balaban J connectivity index is 1.38. The Kier molecular flexibility index (Phi) is 7.48. The number of pyridine rings is 1. The van der Waals surface area contributed by atoms with Crippen LogP contribution in [0.3, 0.4) is 0 Å². The van der Waals surface area contributed by atoms with E-state index in [-0.39, 0.29) is 18.0 Å². The second-order valence-electron chi connectivity index (χ2n) is 9.49. The minimum Gasteiger partial charge on any atom is -0.494 e. The summed E-state index contributed by atoms with van der Waals surface area (Å²) < 4.78 is 8.57. The number of methoxy groups -OCH3 is 1. The number of aryl methyl sites for hydroxylation is 1. The van der Waals surface area contributed by atoms with Crippen LogP contribution in [-0.4, -0.2) is 88.3 Å². The maximum absolute atomic E-state index is 13.6. The molecule has 0 aliphatic carbocycles. The molecule has 14 heteroatoms. The summed E-state index contributed by atoms with van der Waals surface area (Å²) in [6, 6.07) is 9.45. The number of carbonyl (C=O) groups excluding carboxylic acids is 2. The molecule has 4 heterocycles. The summed E-state index contributed by atoms with van der Waals surface area (Å²) >= 11 is 0. The summed E-state index contributed by atoms with van der Waals surface area (Å²) in [6.45, 7) is 6.72. The lowest BCUT2D eigenvalue weighted by Crippen LogP contribution is -2.41. The number of Topliss-reactive ketones (excluding diaryl/α,β-unsaturated/α-hetero) is 1. The van der Waals surface area contributed by atoms with Gasteiger partial charge in [-0.25, -0.2) is 14.6 Å². The molecule has 2 N–H and O–H groups in total. The molecule has 1 amide bonds. The van der Waals surface area contributed by atoms with Gasteiger partial charge < -0.3 is 19.9 Å². The van der Waals surface area contributed by atoms with E-state index in [1.54, 1.807) is 11.6 Å². The highest BCUT2D eigenvalue weighted by Gasteiger charge is 2.28. The number of rotatable bonds is 11. The van der Waals surface area contributed by atoms with Crippen molar-refractivity contribution in [2.75, 3.05) is 32.1 Å². The largest absolute Gasteiger partial charge is 0.494 e. The molecule has 0 atom stereocenters. The van der Waals surface area contributed by atoms with Gasteiger partial charge >= 0.3 is 0 Å². The Morgan fingerprint density at radius 1 is 1.18 bits per heavy atom. The number of nitrogens with one attached hydrogen (secondary N) is 2. The van der Waals surface area contributed by atoms with E-state index in [1.807, 2.05) is 44.2 Å². The van der Waals surface area contributed by atoms with Crippen molar-refractivity contribution >= 4 is 28.5 Å². The number of para-hydroxylation sites is 1. The molecule has 1 aromatic carbocycles. The number of aromatic nitrogens is 9. The van der Waals surface area contributed by atoms with Crippen LogP contribution in [0.5, 0.6) is 5.75 Å². The van der Waals surface area contributed by atoms with Crippen LogP contribution in [-0.2, 0) is 4.79 Å². The average molecular weight is 544 g/mol. The summed E-state index contributed by atoms with van der Waals surface area (Å²) in [6.07, 6.45) is 4.53. The number of ketones is 1. The maximum atomic E-state index is 13.6. The number of tetrazole rings is 1. The molecule has 0 spiro atoms. The lowest BCUT2D eigenvalue weighted by atomic mass is 10.1. The SMILES string of the molecule is COc1cnc(-n2cnc(C)n2)c2[nH]cc(C(=O)C(=O)N(CCNc3nnnn3-c3ccccc3)CC(C)C)c12. The van der Waals surface area contributed by atoms with Gasteiger partial charge in [-0.05, 0) is 35.4 Å². The number of hydrogen-bond donors (Lipinski definition) is 2. The lowest BCUT2D eigenvalue weighted by Gasteiger charge is -2.24. The van der Waals surface area contributed by atoms with Crippen molar-refractivity contribution in [1.82, 2.24) is 49.8 Å². The van der Waals surface area contributed by atoms with Crippen LogP contribution in [0, 0.1) is 12.8 Å². The average Bonchev–Trinajstić information content (AvgIpc) is 3.71. The molecule has 0 aliphatic rings. The Morgan fingerprint density at radius 3 is 2.67 bits per heavy atom. The number of hydrogen-bond acceptors (Lipinski definition) is 10. The van der Waals surface area contributed by atoms with Gasteiger partial charge in [0.1, 0.15) is 17.9 Å². The molecule has 206 valence electrons. The van der Waals surface area contributed by atoms with E-state index < -0.39 is 11.7 Å². The Morgan fingerprint density at radius 2 is 1.98 bits per heavy atom. The number of carbonyl (C=O) groups is 2. The molecule has 14 nitrogen and oxygen atoms in total. The van der Waals surface area contributed by atoms with E-state index in [1.165, 1.54) is 35.4 Å². The smallest absolute Gasteiger partial charge is 0.295 e. The van der Waals surface area contributed by atoms with Crippen LogP contribution in [0.2, 0.25) is 0 Å². The summed E-state index contributed by atoms with van der Waals surface area (Å²) in [4.78, 5) is 40.4. The fourth-order valence-corrected chi connectivity index (χ4v) is 4.38. The predicted octanol–water partition coefficient (Wildman–Crippen LogP) is 2.22. The number of anilines is 1. The quantitative estimate of drug-likeness (QED) is 0.187. The summed E-state index contributed by atoms with van der Waals surface area (Å²) in [5, 5.41) is 19.8. The fraction of sp³-hybridized carbons (Fsp3) is 0.308. The molecule has 0 saturated heterocycles. The third kappa shape index (κ3) is 5.23. The fourth-order valence-electron chi connectivity index (χ4n) is 4.38. The van der Waals surface area contributed by atoms with Crippen LogP contribution in [0.1, 0.15) is 30.0 Å². The summed E-state index contributed by atoms with van der Waals surface area (Å²) in [5.74, 6) is 0.636. The minimum absolute atomic E-state index is 0.134. The molecular weight excluding hydrogens is 514 g/mol. The molecule has 0 radical (unpaired) electrons. The highest BCUT2D eigenvalue weighted by Crippen LogP contribution is 2.31. The molecule has 0 aliphatic heterocycles. The molecule has 0 bridgehead atoms. The number of nitrogens with zero attached hydrogens (tertiary/aromatic N) is 9. The monoisotopic (exact) mass is 543 g/mol. The van der Waals surface area contributed by atoms with E-state index in [2.05, 4.69) is 40.9 Å². The van der Waals surface area contributed by atoms with Gasteiger partial charge in [0.25, 0.3) is 11.7 Å². The molecule has 40 heavy (non-hydrogen) atoms. The van der Waals surface area contributed by atoms with Crippen molar-refractivity contribution in [2.24, 2.45) is 5.92 Å². The molecule has 0 saturated carbocycles. The highest BCUT2D eigenvalue weighted by atomic mass is 16.5. The lowest BCUT2D eigenvalue weighted by molar-refractivity contribution is -0.126. The minimum atomic E-state index is -0.661. The zero-order valence-corrected chi connectivity index (χ0v) is 22.6. The van der Waals surface area contributed by atoms with E-state index >= 15 is 0 Å². The van der Waals surface area contributed by atoms with E-state index in [9.17, 15) is 9.59 Å². The van der Waals surface area contributed by atoms with Crippen LogP contribution in [0.15, 0.2) is 49.1 Å². The van der Waals surface area contributed by atoms with Crippen LogP contribution in [0.25, 0.3) is 22.4 Å². The van der Waals surface area contributed by atoms with Crippen molar-refractivity contribution in [3.05, 3.63) is 60.4 Å². The molecular formula is C26H29N11O3. The maximum Gasteiger partial charge on any atom is 0.295 e. The zero-order valence-electron chi connectivity index (χ0n) is 22.6. The first-order valence-corrected chi connectivity index (χ1v) is 12.7. The van der Waals surface area contributed by atoms with Gasteiger partial charge in [0, 0.05) is 25.8 Å². The van der Waals surface area contributed by atoms with E-state index in [0.717, 1.165) is 5.69 Å². The molecule has 5 rings (SSSR count). The Hall–Kier alpha value is -5.14. The zero-order chi connectivity index (χ0) is 28.2. The van der Waals surface area contributed by atoms with Gasteiger partial charge in [-0.3, -0.25) is 9.59 Å². The second kappa shape index (κ2) is 11.3. The number of fused-ring (bicyclic) bond motifs is 1. The topological polar surface area (TPSA) is 162 Å². The second-order valence-corrected chi connectivity index (χ2v) is 9.49. The van der Waals surface area contributed by atoms with Gasteiger partial charge in [0.2, 0.25) is 5.95 Å². The standard InChI is InChI=1S/C26H29N11O3/c1-16(2)14-35(11-10-27-26-31-33-34-37(26)18-8-6-5-7-9-18)25(39)23(38)19-12-28-22-21(19)20(40-4)13-29-24(22)36-15-30-17(3)32-36/h5-9,12-13,15-16,28H,10-11,14H2,1-4H3,(H,27,31,34). The van der Waals surface area contributed by atoms with Crippen molar-refractivity contribution in [3.8, 4) is 17.3 Å². The normalized spacial score (nSPS) is 11.2. The number of ether oxygens (including phenoxy) is 1. The number of H-pyrrole nitrogens is 1. The number of benzene rings is 1. The van der Waals surface area contributed by atoms with E-state index in [4.69, 9.17) is 4.74 Å². The van der Waals surface area contributed by atoms with E-state index in [0.29, 0.717) is 47.3 Å². The summed E-state index contributed by atoms with van der Waals surface area (Å²) in [5.41, 5.74) is 1.49. The van der Waals surface area contributed by atoms with Gasteiger partial charge in [-0.1, -0.05) is 37.1 Å². The summed E-state index contributed by atoms with van der Waals surface area (Å²) in [7, 11) is 1.48. The third-order valence-electron chi connectivity index (χ3n) is 6.14. The predicted molar refractivity (Wildman–Crippen MR) is 146 cm³/mol. The van der Waals surface area contributed by atoms with Gasteiger partial charge in [0.15, 0.2) is 5.82 Å². The first-order valence-electron chi connectivity index (χ1n) is 12.7. The first kappa shape index (κ1) is 26.5. The molecule has 5 aromatic rings. The van der Waals surface area contributed by atoms with Crippen LogP contribution < -0.4 is 10.1 Å². The highest BCUT2D eigenvalue weighted by molar-refractivity contribution is 6.45. The van der Waals surface area contributed by atoms with Gasteiger partial charge in [0.05, 0.1) is 35.5 Å². The van der Waals surface area contributed by atoms with Crippen molar-refractivity contribution in [1.29, 1.82) is 0 Å². The van der Waals surface area contributed by atoms with Crippen LogP contribution in [0.4, 0.5) is 5.95 Å². The van der Waals surface area contributed by atoms with Crippen LogP contribution >= 0.6 is 0 Å². The number of aromatic amines is 1. The molecule has 4 aromatic heterocycles. The molecule has 0 unspecified atom stereocenters. The number of amides is 1. The first-order chi connectivity index (χ1) is 19.4. The third-order valence-corrected chi connectivity index (χ3v) is 6.14. The Bertz CT molecular complexity index is 1640. The molecule has 0 fully saturated rings.